The van der Waals surface area contributed by atoms with E-state index in [-0.39, 0.29) is 18.1 Å². The van der Waals surface area contributed by atoms with Crippen molar-refractivity contribution < 1.29 is 9.53 Å². The molecule has 6 nitrogen and oxygen atoms in total. The van der Waals surface area contributed by atoms with E-state index >= 15 is 0 Å². The molecule has 4 rings (SSSR count). The molecule has 138 valence electrons. The standard InChI is InChI=1S/C20H26N4O2/c1-24-17(9-11-22-24)19-15(10-12-26-19)13-21-18(14-5-3-2-4-6-14)20(25)23-16-7-8-16/h2-6,9,11,15-16,18-19,21H,7-8,10,12-13H2,1H3,(H,23,25)/t15-,18?,19+/m0/s1. The Labute approximate surface area is 153 Å². The van der Waals surface area contributed by atoms with Crippen molar-refractivity contribution in [3.8, 4) is 0 Å². The second kappa shape index (κ2) is 7.60. The van der Waals surface area contributed by atoms with Crippen molar-refractivity contribution in [3.63, 3.8) is 0 Å². The first-order chi connectivity index (χ1) is 12.7. The van der Waals surface area contributed by atoms with Crippen LogP contribution in [0.3, 0.4) is 0 Å². The lowest BCUT2D eigenvalue weighted by Crippen LogP contribution is -2.40. The molecule has 1 saturated carbocycles. The van der Waals surface area contributed by atoms with E-state index in [9.17, 15) is 4.79 Å². The van der Waals surface area contributed by atoms with Crippen molar-refractivity contribution in [2.45, 2.75) is 37.5 Å². The van der Waals surface area contributed by atoms with Gasteiger partial charge in [0.1, 0.15) is 12.1 Å². The lowest BCUT2D eigenvalue weighted by molar-refractivity contribution is -0.123. The molecule has 1 aliphatic carbocycles. The minimum absolute atomic E-state index is 0.0258. The quantitative estimate of drug-likeness (QED) is 0.799. The first-order valence-electron chi connectivity index (χ1n) is 9.40. The van der Waals surface area contributed by atoms with Crippen molar-refractivity contribution in [1.29, 1.82) is 0 Å². The van der Waals surface area contributed by atoms with Crippen molar-refractivity contribution in [2.24, 2.45) is 13.0 Å². The smallest absolute Gasteiger partial charge is 0.241 e. The van der Waals surface area contributed by atoms with Crippen LogP contribution in [0, 0.1) is 5.92 Å². The highest BCUT2D eigenvalue weighted by atomic mass is 16.5. The van der Waals surface area contributed by atoms with Crippen LogP contribution in [0.4, 0.5) is 0 Å². The number of benzene rings is 1. The van der Waals surface area contributed by atoms with Crippen LogP contribution in [0.2, 0.25) is 0 Å². The zero-order valence-corrected chi connectivity index (χ0v) is 15.1. The van der Waals surface area contributed by atoms with Crippen LogP contribution in [-0.4, -0.2) is 34.9 Å². The van der Waals surface area contributed by atoms with Crippen molar-refractivity contribution >= 4 is 5.91 Å². The summed E-state index contributed by atoms with van der Waals surface area (Å²) in [5.41, 5.74) is 2.09. The van der Waals surface area contributed by atoms with Crippen LogP contribution in [0.1, 0.15) is 42.7 Å². The summed E-state index contributed by atoms with van der Waals surface area (Å²) in [5, 5.41) is 10.9. The van der Waals surface area contributed by atoms with Crippen LogP contribution in [0.25, 0.3) is 0 Å². The van der Waals surface area contributed by atoms with Gasteiger partial charge >= 0.3 is 0 Å². The molecule has 0 bridgehead atoms. The maximum Gasteiger partial charge on any atom is 0.241 e. The fraction of sp³-hybridized carbons (Fsp3) is 0.500. The molecule has 1 aromatic heterocycles. The summed E-state index contributed by atoms with van der Waals surface area (Å²) >= 11 is 0. The molecule has 2 aliphatic rings. The third-order valence-corrected chi connectivity index (χ3v) is 5.27. The minimum atomic E-state index is -0.329. The molecule has 2 fully saturated rings. The van der Waals surface area contributed by atoms with Gasteiger partial charge in [0.15, 0.2) is 0 Å². The molecule has 2 heterocycles. The maximum absolute atomic E-state index is 12.7. The van der Waals surface area contributed by atoms with Gasteiger partial charge in [-0.2, -0.15) is 5.10 Å². The van der Waals surface area contributed by atoms with Gasteiger partial charge in [0, 0.05) is 38.4 Å². The summed E-state index contributed by atoms with van der Waals surface area (Å²) in [4.78, 5) is 12.7. The van der Waals surface area contributed by atoms with E-state index in [1.54, 1.807) is 6.20 Å². The number of nitrogens with zero attached hydrogens (tertiary/aromatic N) is 2. The normalized spacial score (nSPS) is 23.7. The average molecular weight is 354 g/mol. The summed E-state index contributed by atoms with van der Waals surface area (Å²) in [5.74, 6) is 0.389. The van der Waals surface area contributed by atoms with E-state index < -0.39 is 0 Å². The summed E-state index contributed by atoms with van der Waals surface area (Å²) < 4.78 is 7.83. The van der Waals surface area contributed by atoms with Crippen LogP contribution in [0.5, 0.6) is 0 Å². The van der Waals surface area contributed by atoms with Gasteiger partial charge in [-0.15, -0.1) is 0 Å². The Hall–Kier alpha value is -2.18. The molecular formula is C20H26N4O2. The van der Waals surface area contributed by atoms with Gasteiger partial charge in [-0.25, -0.2) is 0 Å². The zero-order chi connectivity index (χ0) is 17.9. The molecule has 6 heteroatoms. The van der Waals surface area contributed by atoms with Gasteiger partial charge in [-0.3, -0.25) is 9.48 Å². The summed E-state index contributed by atoms with van der Waals surface area (Å²) in [7, 11) is 1.94. The number of aromatic nitrogens is 2. The fourth-order valence-electron chi connectivity index (χ4n) is 3.62. The molecule has 2 aromatic rings. The summed E-state index contributed by atoms with van der Waals surface area (Å²) in [6.45, 7) is 1.47. The van der Waals surface area contributed by atoms with Crippen LogP contribution in [-0.2, 0) is 16.6 Å². The second-order valence-electron chi connectivity index (χ2n) is 7.25. The molecule has 26 heavy (non-hydrogen) atoms. The molecule has 1 aliphatic heterocycles. The number of aryl methyl sites for hydroxylation is 1. The lowest BCUT2D eigenvalue weighted by Gasteiger charge is -2.23. The van der Waals surface area contributed by atoms with E-state index in [1.165, 1.54) is 0 Å². The lowest BCUT2D eigenvalue weighted by atomic mass is 9.97. The zero-order valence-electron chi connectivity index (χ0n) is 15.1. The van der Waals surface area contributed by atoms with Gasteiger partial charge in [0.25, 0.3) is 0 Å². The Morgan fingerprint density at radius 3 is 2.77 bits per heavy atom. The van der Waals surface area contributed by atoms with E-state index in [2.05, 4.69) is 15.7 Å². The number of carbonyl (C=O) groups is 1. The number of carbonyl (C=O) groups excluding carboxylic acids is 1. The Balaban J connectivity index is 1.45. The Morgan fingerprint density at radius 1 is 1.27 bits per heavy atom. The summed E-state index contributed by atoms with van der Waals surface area (Å²) in [6, 6.07) is 12.0. The number of ether oxygens (including phenoxy) is 1. The van der Waals surface area contributed by atoms with Crippen LogP contribution in [0.15, 0.2) is 42.6 Å². The molecule has 0 spiro atoms. The Kier molecular flexibility index (Phi) is 5.04. The molecule has 3 atom stereocenters. The number of amides is 1. The number of hydrogen-bond acceptors (Lipinski definition) is 4. The highest BCUT2D eigenvalue weighted by Crippen LogP contribution is 2.34. The van der Waals surface area contributed by atoms with Gasteiger partial charge < -0.3 is 15.4 Å². The summed E-state index contributed by atoms with van der Waals surface area (Å²) in [6.07, 6.45) is 4.99. The molecule has 1 unspecified atom stereocenters. The highest BCUT2D eigenvalue weighted by molar-refractivity contribution is 5.83. The molecule has 1 aromatic carbocycles. The number of rotatable bonds is 7. The van der Waals surface area contributed by atoms with E-state index in [1.807, 2.05) is 48.1 Å². The second-order valence-corrected chi connectivity index (χ2v) is 7.25. The average Bonchev–Trinajstić information content (AvgIpc) is 3.17. The first-order valence-corrected chi connectivity index (χ1v) is 9.40. The van der Waals surface area contributed by atoms with Crippen LogP contribution < -0.4 is 10.6 Å². The van der Waals surface area contributed by atoms with Gasteiger partial charge in [0.2, 0.25) is 5.91 Å². The van der Waals surface area contributed by atoms with Crippen molar-refractivity contribution in [1.82, 2.24) is 20.4 Å². The first kappa shape index (κ1) is 17.2. The Bertz CT molecular complexity index is 741. The van der Waals surface area contributed by atoms with Crippen molar-refractivity contribution in [2.75, 3.05) is 13.2 Å². The highest BCUT2D eigenvalue weighted by Gasteiger charge is 2.33. The van der Waals surface area contributed by atoms with Gasteiger partial charge in [0.05, 0.1) is 5.69 Å². The molecule has 1 amide bonds. The third kappa shape index (κ3) is 3.81. The molecule has 2 N–H and O–H groups in total. The van der Waals surface area contributed by atoms with E-state index in [0.29, 0.717) is 12.0 Å². The Morgan fingerprint density at radius 2 is 2.08 bits per heavy atom. The maximum atomic E-state index is 12.7. The van der Waals surface area contributed by atoms with Crippen molar-refractivity contribution in [3.05, 3.63) is 53.9 Å². The minimum Gasteiger partial charge on any atom is -0.372 e. The number of nitrogens with one attached hydrogen (secondary N) is 2. The molecule has 1 saturated heterocycles. The fourth-order valence-corrected chi connectivity index (χ4v) is 3.62. The topological polar surface area (TPSA) is 68.2 Å². The van der Waals surface area contributed by atoms with Gasteiger partial charge in [-0.1, -0.05) is 30.3 Å². The SMILES string of the molecule is Cn1nccc1[C@@H]1OCC[C@H]1CNC(C(=O)NC1CC1)c1ccccc1. The van der Waals surface area contributed by atoms with E-state index in [0.717, 1.165) is 43.7 Å². The molecular weight excluding hydrogens is 328 g/mol. The van der Waals surface area contributed by atoms with Crippen LogP contribution >= 0.6 is 0 Å². The monoisotopic (exact) mass is 354 g/mol. The third-order valence-electron chi connectivity index (χ3n) is 5.27. The largest absolute Gasteiger partial charge is 0.372 e. The molecule has 0 radical (unpaired) electrons. The van der Waals surface area contributed by atoms with E-state index in [4.69, 9.17) is 4.74 Å². The predicted molar refractivity (Wildman–Crippen MR) is 98.4 cm³/mol. The van der Waals surface area contributed by atoms with Gasteiger partial charge in [-0.05, 0) is 30.9 Å². The predicted octanol–water partition coefficient (Wildman–Crippen LogP) is 2.11. The number of hydrogen-bond donors (Lipinski definition) is 2.